The van der Waals surface area contributed by atoms with Crippen LogP contribution in [0.3, 0.4) is 0 Å². The molecule has 5 nitrogen and oxygen atoms in total. The average Bonchev–Trinajstić information content (AvgIpc) is 2.97. The fourth-order valence-corrected chi connectivity index (χ4v) is 3.25. The standard InChI is InChI=1S/C16H15F3N2O3S2/c1-3-11-8-12(14(22)23-2)13(26-11)21-15(25)20-9-4-6-10(7-5-9)24-16(17,18)19/h4-8H,3H2,1-2H3,(H2,20,21,25). The lowest BCUT2D eigenvalue weighted by Gasteiger charge is -2.12. The summed E-state index contributed by atoms with van der Waals surface area (Å²) >= 11 is 6.55. The van der Waals surface area contributed by atoms with E-state index in [2.05, 4.69) is 15.4 Å². The second-order valence-electron chi connectivity index (χ2n) is 4.95. The van der Waals surface area contributed by atoms with Crippen molar-refractivity contribution in [3.05, 3.63) is 40.8 Å². The minimum absolute atomic E-state index is 0.184. The van der Waals surface area contributed by atoms with Crippen molar-refractivity contribution in [2.45, 2.75) is 19.7 Å². The first-order valence-electron chi connectivity index (χ1n) is 7.36. The van der Waals surface area contributed by atoms with E-state index in [0.29, 0.717) is 16.3 Å². The van der Waals surface area contributed by atoms with E-state index >= 15 is 0 Å². The maximum absolute atomic E-state index is 12.2. The molecule has 26 heavy (non-hydrogen) atoms. The quantitative estimate of drug-likeness (QED) is 0.551. The predicted molar refractivity (Wildman–Crippen MR) is 98.0 cm³/mol. The lowest BCUT2D eigenvalue weighted by molar-refractivity contribution is -0.274. The van der Waals surface area contributed by atoms with Gasteiger partial charge in [0.15, 0.2) is 5.11 Å². The molecule has 2 N–H and O–H groups in total. The van der Waals surface area contributed by atoms with Gasteiger partial charge >= 0.3 is 12.3 Å². The van der Waals surface area contributed by atoms with E-state index in [4.69, 9.17) is 17.0 Å². The summed E-state index contributed by atoms with van der Waals surface area (Å²) in [6.07, 6.45) is -4.00. The van der Waals surface area contributed by atoms with Crippen molar-refractivity contribution < 1.29 is 27.4 Å². The Morgan fingerprint density at radius 3 is 2.42 bits per heavy atom. The minimum atomic E-state index is -4.74. The van der Waals surface area contributed by atoms with Crippen LogP contribution in [0, 0.1) is 0 Å². The number of nitrogens with one attached hydrogen (secondary N) is 2. The third-order valence-corrected chi connectivity index (χ3v) is 4.51. The Balaban J connectivity index is 2.05. The largest absolute Gasteiger partial charge is 0.573 e. The Bertz CT molecular complexity index is 789. The maximum Gasteiger partial charge on any atom is 0.573 e. The third kappa shape index (κ3) is 5.60. The van der Waals surface area contributed by atoms with Gasteiger partial charge in [-0.05, 0) is 49.0 Å². The molecule has 0 atom stereocenters. The van der Waals surface area contributed by atoms with Gasteiger partial charge in [-0.1, -0.05) is 6.92 Å². The zero-order valence-corrected chi connectivity index (χ0v) is 15.4. The lowest BCUT2D eigenvalue weighted by atomic mass is 10.2. The average molecular weight is 404 g/mol. The van der Waals surface area contributed by atoms with Crippen molar-refractivity contribution in [1.82, 2.24) is 0 Å². The molecule has 10 heteroatoms. The van der Waals surface area contributed by atoms with Gasteiger partial charge in [-0.2, -0.15) is 0 Å². The van der Waals surface area contributed by atoms with E-state index < -0.39 is 12.3 Å². The molecule has 0 fully saturated rings. The van der Waals surface area contributed by atoms with E-state index in [0.717, 1.165) is 11.3 Å². The van der Waals surface area contributed by atoms with Crippen molar-refractivity contribution in [2.24, 2.45) is 0 Å². The number of hydrogen-bond donors (Lipinski definition) is 2. The van der Waals surface area contributed by atoms with Gasteiger partial charge in [0.25, 0.3) is 0 Å². The Morgan fingerprint density at radius 1 is 1.23 bits per heavy atom. The number of halogens is 3. The van der Waals surface area contributed by atoms with Crippen molar-refractivity contribution in [2.75, 3.05) is 17.7 Å². The monoisotopic (exact) mass is 404 g/mol. The van der Waals surface area contributed by atoms with E-state index in [-0.39, 0.29) is 10.9 Å². The molecule has 0 saturated carbocycles. The summed E-state index contributed by atoms with van der Waals surface area (Å²) in [5, 5.41) is 6.45. The zero-order valence-electron chi connectivity index (χ0n) is 13.8. The number of carbonyl (C=O) groups excluding carboxylic acids is 1. The molecule has 0 aliphatic rings. The van der Waals surface area contributed by atoms with Gasteiger partial charge in [0.05, 0.1) is 12.7 Å². The Hall–Kier alpha value is -2.33. The molecule has 0 bridgehead atoms. The van der Waals surface area contributed by atoms with Gasteiger partial charge < -0.3 is 20.1 Å². The summed E-state index contributed by atoms with van der Waals surface area (Å²) in [5.74, 6) is -0.819. The van der Waals surface area contributed by atoms with Crippen LogP contribution in [0.4, 0.5) is 23.9 Å². The molecule has 0 radical (unpaired) electrons. The SMILES string of the molecule is CCc1cc(C(=O)OC)c(NC(=S)Nc2ccc(OC(F)(F)F)cc2)s1. The van der Waals surface area contributed by atoms with Crippen LogP contribution >= 0.6 is 23.6 Å². The smallest absolute Gasteiger partial charge is 0.465 e. The highest BCUT2D eigenvalue weighted by molar-refractivity contribution is 7.80. The molecule has 0 aliphatic heterocycles. The number of thiophene rings is 1. The molecule has 1 heterocycles. The van der Waals surface area contributed by atoms with Gasteiger partial charge in [-0.15, -0.1) is 24.5 Å². The predicted octanol–water partition coefficient (Wildman–Crippen LogP) is 4.80. The number of benzene rings is 1. The molecular weight excluding hydrogens is 389 g/mol. The fourth-order valence-electron chi connectivity index (χ4n) is 1.98. The molecule has 0 amide bonds. The Kier molecular flexibility index (Phi) is 6.43. The van der Waals surface area contributed by atoms with Crippen LogP contribution in [0.15, 0.2) is 30.3 Å². The van der Waals surface area contributed by atoms with Crippen LogP contribution in [-0.4, -0.2) is 24.6 Å². The molecule has 1 aromatic carbocycles. The molecule has 0 spiro atoms. The third-order valence-electron chi connectivity index (χ3n) is 3.11. The summed E-state index contributed by atoms with van der Waals surface area (Å²) in [6.45, 7) is 1.96. The maximum atomic E-state index is 12.2. The van der Waals surface area contributed by atoms with Crippen molar-refractivity contribution in [1.29, 1.82) is 0 Å². The van der Waals surface area contributed by atoms with Crippen LogP contribution in [0.2, 0.25) is 0 Å². The Morgan fingerprint density at radius 2 is 1.88 bits per heavy atom. The molecule has 1 aromatic heterocycles. The van der Waals surface area contributed by atoms with Gasteiger partial charge in [-0.3, -0.25) is 0 Å². The van der Waals surface area contributed by atoms with Crippen LogP contribution in [0.1, 0.15) is 22.2 Å². The minimum Gasteiger partial charge on any atom is -0.465 e. The van der Waals surface area contributed by atoms with E-state index in [1.807, 2.05) is 6.92 Å². The fraction of sp³-hybridized carbons (Fsp3) is 0.250. The van der Waals surface area contributed by atoms with Gasteiger partial charge in [0.2, 0.25) is 0 Å². The second-order valence-corrected chi connectivity index (χ2v) is 6.50. The highest BCUT2D eigenvalue weighted by Crippen LogP contribution is 2.29. The van der Waals surface area contributed by atoms with Crippen LogP contribution < -0.4 is 15.4 Å². The number of alkyl halides is 3. The molecule has 0 saturated heterocycles. The highest BCUT2D eigenvalue weighted by Gasteiger charge is 2.30. The number of thiocarbonyl (C=S) groups is 1. The number of methoxy groups -OCH3 is 1. The number of esters is 1. The summed E-state index contributed by atoms with van der Waals surface area (Å²) in [5.41, 5.74) is 0.830. The molecule has 2 aromatic rings. The number of ether oxygens (including phenoxy) is 2. The lowest BCUT2D eigenvalue weighted by Crippen LogP contribution is -2.20. The number of carbonyl (C=O) groups is 1. The first-order chi connectivity index (χ1) is 12.2. The van der Waals surface area contributed by atoms with Crippen molar-refractivity contribution in [3.8, 4) is 5.75 Å². The molecule has 0 aliphatic carbocycles. The summed E-state index contributed by atoms with van der Waals surface area (Å²) in [4.78, 5) is 12.8. The Labute approximate surface area is 157 Å². The molecular formula is C16H15F3N2O3S2. The number of anilines is 2. The van der Waals surface area contributed by atoms with E-state index in [1.54, 1.807) is 6.07 Å². The van der Waals surface area contributed by atoms with Crippen LogP contribution in [0.25, 0.3) is 0 Å². The normalized spacial score (nSPS) is 11.0. The van der Waals surface area contributed by atoms with Gasteiger partial charge in [0.1, 0.15) is 10.8 Å². The number of hydrogen-bond acceptors (Lipinski definition) is 5. The molecule has 2 rings (SSSR count). The molecule has 140 valence electrons. The van der Waals surface area contributed by atoms with Crippen LogP contribution in [-0.2, 0) is 11.2 Å². The summed E-state index contributed by atoms with van der Waals surface area (Å²) in [7, 11) is 1.29. The summed E-state index contributed by atoms with van der Waals surface area (Å²) in [6, 6.07) is 6.84. The molecule has 0 unspecified atom stereocenters. The van der Waals surface area contributed by atoms with Gasteiger partial charge in [0, 0.05) is 10.6 Å². The zero-order chi connectivity index (χ0) is 19.3. The first kappa shape index (κ1) is 20.0. The first-order valence-corrected chi connectivity index (χ1v) is 8.59. The topological polar surface area (TPSA) is 59.6 Å². The van der Waals surface area contributed by atoms with Gasteiger partial charge in [-0.25, -0.2) is 4.79 Å². The van der Waals surface area contributed by atoms with Crippen LogP contribution in [0.5, 0.6) is 5.75 Å². The summed E-state index contributed by atoms with van der Waals surface area (Å²) < 4.78 is 45.0. The van der Waals surface area contributed by atoms with Crippen molar-refractivity contribution >= 4 is 45.3 Å². The van der Waals surface area contributed by atoms with E-state index in [9.17, 15) is 18.0 Å². The second kappa shape index (κ2) is 8.37. The van der Waals surface area contributed by atoms with Crippen molar-refractivity contribution in [3.63, 3.8) is 0 Å². The number of aryl methyl sites for hydroxylation is 1. The highest BCUT2D eigenvalue weighted by atomic mass is 32.1. The van der Waals surface area contributed by atoms with E-state index in [1.165, 1.54) is 42.7 Å². The number of rotatable bonds is 5.